The van der Waals surface area contributed by atoms with E-state index in [9.17, 15) is 0 Å². The van der Waals surface area contributed by atoms with E-state index >= 15 is 0 Å². The lowest BCUT2D eigenvalue weighted by molar-refractivity contribution is 1.64. The second-order valence-electron chi connectivity index (χ2n) is 1.73. The molecule has 0 aromatic carbocycles. The van der Waals surface area contributed by atoms with Crippen molar-refractivity contribution in [3.63, 3.8) is 0 Å². The fourth-order valence-electron chi connectivity index (χ4n) is 0.509. The summed E-state index contributed by atoms with van der Waals surface area (Å²) in [5.41, 5.74) is 2.25. The first-order chi connectivity index (χ1) is 3.10. The summed E-state index contributed by atoms with van der Waals surface area (Å²) in [5, 5.41) is 0. The first-order valence-electron chi connectivity index (χ1n) is 1.98. The lowest BCUT2D eigenvalue weighted by Gasteiger charge is -2.29. The Morgan fingerprint density at radius 1 is 1.57 bits per heavy atom. The van der Waals surface area contributed by atoms with Gasteiger partial charge in [-0.1, -0.05) is 0 Å². The molecule has 0 bridgehead atoms. The zero-order valence-corrected chi connectivity index (χ0v) is 8.65. The van der Waals surface area contributed by atoms with Gasteiger partial charge in [-0.05, 0) is 11.3 Å². The molecule has 0 N–H and O–H groups in total. The van der Waals surface area contributed by atoms with Gasteiger partial charge in [0.05, 0.1) is 0 Å². The van der Waals surface area contributed by atoms with Crippen LogP contribution in [-0.2, 0) is 0 Å². The fraction of sp³-hybridized carbons (Fsp3) is 1.00. The van der Waals surface area contributed by atoms with Gasteiger partial charge in [0, 0.05) is 0 Å². The van der Waals surface area contributed by atoms with Gasteiger partial charge in [0.15, 0.2) is 8.11 Å². The Labute approximate surface area is 62.8 Å². The van der Waals surface area contributed by atoms with Gasteiger partial charge >= 0.3 is 0 Å². The van der Waals surface area contributed by atoms with Crippen LogP contribution >= 0.6 is 37.5 Å². The average molecular weight is 235 g/mol. The Morgan fingerprint density at radius 3 is 2.00 bits per heavy atom. The van der Waals surface area contributed by atoms with Gasteiger partial charge in [0.1, 0.15) is 0 Å². The Hall–Kier alpha value is 1.49. The third kappa shape index (κ3) is 1.71. The Morgan fingerprint density at radius 2 is 2.00 bits per heavy atom. The summed E-state index contributed by atoms with van der Waals surface area (Å²) in [5.74, 6) is 0. The van der Waals surface area contributed by atoms with Crippen LogP contribution in [0.1, 0.15) is 0 Å². The molecule has 41 valence electrons. The lowest BCUT2D eigenvalue weighted by atomic mass is 11.8. The van der Waals surface area contributed by atoms with Crippen molar-refractivity contribution in [3.05, 3.63) is 0 Å². The fourth-order valence-corrected chi connectivity index (χ4v) is 21.8. The van der Waals surface area contributed by atoms with Gasteiger partial charge in [-0.25, -0.2) is 0 Å². The third-order valence-electron chi connectivity index (χ3n) is 0.901. The van der Waals surface area contributed by atoms with Gasteiger partial charge in [0.2, 0.25) is 6.00 Å². The Bertz CT molecular complexity index is 77.8. The first kappa shape index (κ1) is 6.61. The second kappa shape index (κ2) is 2.02. The van der Waals surface area contributed by atoms with Crippen molar-refractivity contribution >= 4 is 51.6 Å². The smallest absolute Gasteiger partial charge is 0.169 e. The minimum Gasteiger partial charge on any atom is -0.169 e. The van der Waals surface area contributed by atoms with Crippen LogP contribution in [0.2, 0.25) is 11.3 Å². The van der Waals surface area contributed by atoms with E-state index in [1.54, 1.807) is 0 Å². The van der Waals surface area contributed by atoms with Crippen LogP contribution in [0, 0.1) is 0 Å². The maximum absolute atomic E-state index is 5.90. The standard InChI is InChI=1S/C2H4BrCl2Si2/c3-7(5)1-6(4)2-7/h1-2H2. The SMILES string of the molecule is Cl[Si]1C[Si](Cl)(Br)C1. The van der Waals surface area contributed by atoms with Crippen molar-refractivity contribution in [2.75, 3.05) is 0 Å². The van der Waals surface area contributed by atoms with E-state index < -0.39 is 14.1 Å². The van der Waals surface area contributed by atoms with E-state index in [-0.39, 0.29) is 0 Å². The molecule has 0 saturated carbocycles. The molecule has 1 fully saturated rings. The molecule has 1 heterocycles. The predicted octanol–water partition coefficient (Wildman–Crippen LogP) is 2.38. The Kier molecular flexibility index (Phi) is 1.91. The molecule has 7 heavy (non-hydrogen) atoms. The summed E-state index contributed by atoms with van der Waals surface area (Å²) >= 11 is 15.1. The molecule has 1 aliphatic rings. The van der Waals surface area contributed by atoms with Crippen LogP contribution in [0.25, 0.3) is 0 Å². The van der Waals surface area contributed by atoms with Crippen molar-refractivity contribution in [1.82, 2.24) is 0 Å². The zero-order chi connectivity index (χ0) is 5.49. The van der Waals surface area contributed by atoms with Crippen molar-refractivity contribution in [3.8, 4) is 0 Å². The molecule has 1 radical (unpaired) electrons. The van der Waals surface area contributed by atoms with Gasteiger partial charge in [-0.15, -0.1) is 15.3 Å². The van der Waals surface area contributed by atoms with E-state index in [1.165, 1.54) is 0 Å². The molecular weight excluding hydrogens is 231 g/mol. The summed E-state index contributed by atoms with van der Waals surface area (Å²) in [7, 11) is -0.445. The summed E-state index contributed by atoms with van der Waals surface area (Å²) in [6.07, 6.45) is 0. The molecule has 0 amide bonds. The van der Waals surface area contributed by atoms with E-state index in [4.69, 9.17) is 22.2 Å². The molecule has 1 saturated heterocycles. The first-order valence-corrected chi connectivity index (χ1v) is 10.6. The number of hydrogen-bond acceptors (Lipinski definition) is 0. The molecule has 5 heteroatoms. The predicted molar refractivity (Wildman–Crippen MR) is 41.8 cm³/mol. The van der Waals surface area contributed by atoms with Crippen molar-refractivity contribution in [2.24, 2.45) is 0 Å². The molecule has 1 rings (SSSR count). The number of halogens is 3. The molecule has 0 nitrogen and oxygen atoms in total. The highest BCUT2D eigenvalue weighted by Crippen LogP contribution is 2.41. The highest BCUT2D eigenvalue weighted by atomic mass is 79.9. The van der Waals surface area contributed by atoms with Gasteiger partial charge < -0.3 is 0 Å². The molecule has 0 aromatic rings. The van der Waals surface area contributed by atoms with Crippen molar-refractivity contribution in [1.29, 1.82) is 0 Å². The maximum Gasteiger partial charge on any atom is 0.223 e. The van der Waals surface area contributed by atoms with E-state index in [1.807, 2.05) is 0 Å². The average Bonchev–Trinajstić information content (AvgIpc) is 1.27. The third-order valence-corrected chi connectivity index (χ3v) is 18.0. The Balaban J connectivity index is 2.29. The van der Waals surface area contributed by atoms with E-state index in [0.717, 1.165) is 11.3 Å². The number of rotatable bonds is 0. The molecular formula is C2H4BrCl2Si2. The highest BCUT2D eigenvalue weighted by Gasteiger charge is 2.44. The van der Waals surface area contributed by atoms with Gasteiger partial charge in [-0.2, -0.15) is 22.2 Å². The summed E-state index contributed by atoms with van der Waals surface area (Å²) < 4.78 is 0. The number of hydrogen-bond donors (Lipinski definition) is 0. The van der Waals surface area contributed by atoms with E-state index in [2.05, 4.69) is 15.3 Å². The van der Waals surface area contributed by atoms with Crippen LogP contribution in [0.15, 0.2) is 0 Å². The van der Waals surface area contributed by atoms with Crippen LogP contribution in [0.5, 0.6) is 0 Å². The summed E-state index contributed by atoms with van der Waals surface area (Å²) in [4.78, 5) is 0. The molecule has 0 spiro atoms. The maximum atomic E-state index is 5.90. The second-order valence-corrected chi connectivity index (χ2v) is 17.0. The van der Waals surface area contributed by atoms with Crippen molar-refractivity contribution < 1.29 is 0 Å². The summed E-state index contributed by atoms with van der Waals surface area (Å²) in [6, 6.07) is -1.32. The van der Waals surface area contributed by atoms with E-state index in [0.29, 0.717) is 0 Å². The monoisotopic (exact) mass is 233 g/mol. The van der Waals surface area contributed by atoms with Crippen LogP contribution in [0.4, 0.5) is 0 Å². The molecule has 1 aliphatic heterocycles. The minimum absolute atomic E-state index is 0.445. The normalized spacial score (nSPS) is 29.6. The molecule has 0 aromatic heterocycles. The molecule has 0 aliphatic carbocycles. The topological polar surface area (TPSA) is 0 Å². The molecule has 0 unspecified atom stereocenters. The van der Waals surface area contributed by atoms with Crippen LogP contribution in [0.3, 0.4) is 0 Å². The van der Waals surface area contributed by atoms with Crippen LogP contribution in [-0.4, -0.2) is 14.1 Å². The molecule has 0 atom stereocenters. The van der Waals surface area contributed by atoms with Gasteiger partial charge in [0.25, 0.3) is 0 Å². The zero-order valence-electron chi connectivity index (χ0n) is 3.55. The lowest BCUT2D eigenvalue weighted by Crippen LogP contribution is -2.40. The minimum atomic E-state index is -1.32. The highest BCUT2D eigenvalue weighted by molar-refractivity contribution is 9.27. The van der Waals surface area contributed by atoms with Gasteiger partial charge in [-0.3, -0.25) is 0 Å². The quantitative estimate of drug-likeness (QED) is 0.446. The van der Waals surface area contributed by atoms with Crippen molar-refractivity contribution in [2.45, 2.75) is 11.3 Å². The summed E-state index contributed by atoms with van der Waals surface area (Å²) in [6.45, 7) is 0. The largest absolute Gasteiger partial charge is 0.223 e. The van der Waals surface area contributed by atoms with Crippen LogP contribution < -0.4 is 0 Å².